The van der Waals surface area contributed by atoms with Crippen LogP contribution in [-0.2, 0) is 6.54 Å². The van der Waals surface area contributed by atoms with Crippen molar-refractivity contribution < 1.29 is 0 Å². The van der Waals surface area contributed by atoms with E-state index in [1.807, 2.05) is 0 Å². The number of nitrogens with zero attached hydrogens (tertiary/aromatic N) is 5. The molecule has 1 aliphatic heterocycles. The zero-order valence-electron chi connectivity index (χ0n) is 18.0. The minimum atomic E-state index is 0.270. The van der Waals surface area contributed by atoms with Gasteiger partial charge in [-0.05, 0) is 43.7 Å². The molecule has 0 saturated carbocycles. The first kappa shape index (κ1) is 20.2. The van der Waals surface area contributed by atoms with Gasteiger partial charge in [-0.3, -0.25) is 4.90 Å². The SMILES string of the molecule is CC(C)n1c(-c2cccs2)nc2c(NC3CCN(Cc4ccccc4)CC3)ncnc21. The second-order valence-corrected chi connectivity index (χ2v) is 9.40. The second-order valence-electron chi connectivity index (χ2n) is 8.45. The maximum Gasteiger partial charge on any atom is 0.166 e. The Kier molecular flexibility index (Phi) is 5.70. The predicted molar refractivity (Wildman–Crippen MR) is 127 cm³/mol. The van der Waals surface area contributed by atoms with Gasteiger partial charge in [0.05, 0.1) is 4.88 Å². The van der Waals surface area contributed by atoms with E-state index in [0.29, 0.717) is 6.04 Å². The summed E-state index contributed by atoms with van der Waals surface area (Å²) in [4.78, 5) is 17.8. The number of fused-ring (bicyclic) bond motifs is 1. The van der Waals surface area contributed by atoms with Crippen molar-refractivity contribution >= 4 is 28.3 Å². The van der Waals surface area contributed by atoms with Gasteiger partial charge in [0.1, 0.15) is 6.33 Å². The van der Waals surface area contributed by atoms with Gasteiger partial charge >= 0.3 is 0 Å². The normalized spacial score (nSPS) is 15.7. The Morgan fingerprint density at radius 2 is 1.87 bits per heavy atom. The molecule has 1 saturated heterocycles. The third-order valence-corrected chi connectivity index (χ3v) is 6.78. The average Bonchev–Trinajstić information content (AvgIpc) is 3.44. The highest BCUT2D eigenvalue weighted by Gasteiger charge is 2.23. The Morgan fingerprint density at radius 3 is 2.58 bits per heavy atom. The van der Waals surface area contributed by atoms with Crippen molar-refractivity contribution in [3.63, 3.8) is 0 Å². The summed E-state index contributed by atoms with van der Waals surface area (Å²) in [5.74, 6) is 1.82. The van der Waals surface area contributed by atoms with E-state index in [9.17, 15) is 0 Å². The molecule has 1 N–H and O–H groups in total. The van der Waals surface area contributed by atoms with Gasteiger partial charge in [0.2, 0.25) is 0 Å². The number of aromatic nitrogens is 4. The molecule has 3 aromatic heterocycles. The van der Waals surface area contributed by atoms with Crippen molar-refractivity contribution in [2.75, 3.05) is 18.4 Å². The smallest absolute Gasteiger partial charge is 0.166 e. The number of benzene rings is 1. The molecule has 0 aliphatic carbocycles. The predicted octanol–water partition coefficient (Wildman–Crippen LogP) is 5.21. The van der Waals surface area contributed by atoms with Crippen LogP contribution in [0.2, 0.25) is 0 Å². The maximum absolute atomic E-state index is 4.99. The van der Waals surface area contributed by atoms with Crippen molar-refractivity contribution in [2.24, 2.45) is 0 Å². The number of rotatable bonds is 6. The van der Waals surface area contributed by atoms with Crippen LogP contribution in [-0.4, -0.2) is 43.6 Å². The minimum absolute atomic E-state index is 0.270. The van der Waals surface area contributed by atoms with Gasteiger partial charge < -0.3 is 9.88 Å². The van der Waals surface area contributed by atoms with Crippen LogP contribution in [0.3, 0.4) is 0 Å². The number of thiophene rings is 1. The van der Waals surface area contributed by atoms with Gasteiger partial charge in [0, 0.05) is 31.7 Å². The number of likely N-dealkylation sites (tertiary alicyclic amines) is 1. The van der Waals surface area contributed by atoms with E-state index in [2.05, 4.69) is 86.4 Å². The topological polar surface area (TPSA) is 58.9 Å². The summed E-state index contributed by atoms with van der Waals surface area (Å²) in [7, 11) is 0. The summed E-state index contributed by atoms with van der Waals surface area (Å²) in [5, 5.41) is 5.77. The van der Waals surface area contributed by atoms with Gasteiger partial charge in [0.15, 0.2) is 22.8 Å². The van der Waals surface area contributed by atoms with Crippen molar-refractivity contribution in [3.8, 4) is 10.7 Å². The van der Waals surface area contributed by atoms with Crippen LogP contribution in [0.4, 0.5) is 5.82 Å². The first-order valence-electron chi connectivity index (χ1n) is 11.0. The number of imidazole rings is 1. The van der Waals surface area contributed by atoms with Crippen LogP contribution in [0, 0.1) is 0 Å². The molecule has 0 atom stereocenters. The Morgan fingerprint density at radius 1 is 1.06 bits per heavy atom. The second kappa shape index (κ2) is 8.77. The molecule has 0 radical (unpaired) electrons. The summed E-state index contributed by atoms with van der Waals surface area (Å²) >= 11 is 1.71. The van der Waals surface area contributed by atoms with Crippen LogP contribution < -0.4 is 5.32 Å². The summed E-state index contributed by atoms with van der Waals surface area (Å²) < 4.78 is 2.22. The third kappa shape index (κ3) is 4.20. The maximum atomic E-state index is 4.99. The molecule has 0 spiro atoms. The van der Waals surface area contributed by atoms with Gasteiger partial charge in [-0.25, -0.2) is 15.0 Å². The van der Waals surface area contributed by atoms with Crippen molar-refractivity contribution in [1.29, 1.82) is 0 Å². The van der Waals surface area contributed by atoms with Crippen LogP contribution in [0.25, 0.3) is 21.9 Å². The van der Waals surface area contributed by atoms with Crippen LogP contribution in [0.1, 0.15) is 38.3 Å². The lowest BCUT2D eigenvalue weighted by molar-refractivity contribution is 0.211. The fourth-order valence-corrected chi connectivity index (χ4v) is 5.06. The van der Waals surface area contributed by atoms with Crippen molar-refractivity contribution in [3.05, 3.63) is 59.7 Å². The molecule has 160 valence electrons. The molecule has 1 aromatic carbocycles. The fraction of sp³-hybridized carbons (Fsp3) is 0.375. The fourth-order valence-electron chi connectivity index (χ4n) is 4.35. The summed E-state index contributed by atoms with van der Waals surface area (Å²) in [5.41, 5.74) is 3.15. The lowest BCUT2D eigenvalue weighted by Crippen LogP contribution is -2.38. The molecule has 1 fully saturated rings. The van der Waals surface area contributed by atoms with Crippen LogP contribution in [0.15, 0.2) is 54.2 Å². The third-order valence-electron chi connectivity index (χ3n) is 5.91. The molecule has 4 aromatic rings. The Bertz CT molecular complexity index is 1130. The summed E-state index contributed by atoms with van der Waals surface area (Å²) in [6, 6.07) is 15.6. The van der Waals surface area contributed by atoms with Crippen LogP contribution in [0.5, 0.6) is 0 Å². The Balaban J connectivity index is 1.34. The molecule has 1 aliphatic rings. The van der Waals surface area contributed by atoms with E-state index in [0.717, 1.165) is 60.2 Å². The number of anilines is 1. The van der Waals surface area contributed by atoms with E-state index in [-0.39, 0.29) is 6.04 Å². The lowest BCUT2D eigenvalue weighted by Gasteiger charge is -2.32. The van der Waals surface area contributed by atoms with Crippen molar-refractivity contribution in [1.82, 2.24) is 24.4 Å². The van der Waals surface area contributed by atoms with Crippen LogP contribution >= 0.6 is 11.3 Å². The lowest BCUT2D eigenvalue weighted by atomic mass is 10.0. The number of nitrogens with one attached hydrogen (secondary N) is 1. The highest BCUT2D eigenvalue weighted by molar-refractivity contribution is 7.13. The van der Waals surface area contributed by atoms with E-state index in [1.165, 1.54) is 5.56 Å². The quantitative estimate of drug-likeness (QED) is 0.453. The van der Waals surface area contributed by atoms with Gasteiger partial charge in [-0.1, -0.05) is 36.4 Å². The highest BCUT2D eigenvalue weighted by atomic mass is 32.1. The molecule has 4 heterocycles. The largest absolute Gasteiger partial charge is 0.365 e. The average molecular weight is 433 g/mol. The zero-order valence-corrected chi connectivity index (χ0v) is 18.8. The van der Waals surface area contributed by atoms with E-state index in [4.69, 9.17) is 4.98 Å². The molecule has 6 nitrogen and oxygen atoms in total. The molecule has 7 heteroatoms. The van der Waals surface area contributed by atoms with Gasteiger partial charge in [-0.2, -0.15) is 0 Å². The first-order chi connectivity index (χ1) is 15.2. The number of piperidine rings is 1. The molecule has 0 unspecified atom stereocenters. The van der Waals surface area contributed by atoms with Gasteiger partial charge in [-0.15, -0.1) is 11.3 Å². The molecular formula is C24H28N6S. The number of hydrogen-bond donors (Lipinski definition) is 1. The van der Waals surface area contributed by atoms with Gasteiger partial charge in [0.25, 0.3) is 0 Å². The molecule has 0 bridgehead atoms. The van der Waals surface area contributed by atoms with Crippen molar-refractivity contribution in [2.45, 2.75) is 45.3 Å². The molecule has 31 heavy (non-hydrogen) atoms. The Hall–Kier alpha value is -2.77. The van der Waals surface area contributed by atoms with E-state index in [1.54, 1.807) is 17.7 Å². The monoisotopic (exact) mass is 432 g/mol. The van der Waals surface area contributed by atoms with E-state index < -0.39 is 0 Å². The number of hydrogen-bond acceptors (Lipinski definition) is 6. The minimum Gasteiger partial charge on any atom is -0.365 e. The molecule has 5 rings (SSSR count). The highest BCUT2D eigenvalue weighted by Crippen LogP contribution is 2.32. The summed E-state index contributed by atoms with van der Waals surface area (Å²) in [6.07, 6.45) is 3.86. The van der Waals surface area contributed by atoms with E-state index >= 15 is 0 Å². The summed E-state index contributed by atoms with van der Waals surface area (Å²) in [6.45, 7) is 7.55. The standard InChI is InChI=1S/C24H28N6S/c1-17(2)30-23(20-9-6-14-31-20)28-21-22(25-16-26-24(21)30)27-19-10-12-29(13-11-19)15-18-7-4-3-5-8-18/h3-9,14,16-17,19H,10-13,15H2,1-2H3,(H,25,26,27). The molecular weight excluding hydrogens is 404 g/mol. The first-order valence-corrected chi connectivity index (χ1v) is 11.9. The molecule has 0 amide bonds. The Labute approximate surface area is 187 Å². The zero-order chi connectivity index (χ0) is 21.2.